The van der Waals surface area contributed by atoms with Crippen LogP contribution in [-0.4, -0.2) is 57.4 Å². The van der Waals surface area contributed by atoms with Crippen molar-refractivity contribution in [1.82, 2.24) is 19.4 Å². The average Bonchev–Trinajstić information content (AvgIpc) is 3.39. The van der Waals surface area contributed by atoms with E-state index in [2.05, 4.69) is 25.2 Å². The molecule has 3 aromatic heterocycles. The van der Waals surface area contributed by atoms with Crippen LogP contribution in [0.2, 0.25) is 5.15 Å². The normalized spacial score (nSPS) is 20.7. The molecule has 0 unspecified atom stereocenters. The highest BCUT2D eigenvalue weighted by atomic mass is 35.5. The monoisotopic (exact) mass is 515 g/mol. The van der Waals surface area contributed by atoms with E-state index in [1.807, 2.05) is 6.07 Å². The lowest BCUT2D eigenvalue weighted by atomic mass is 9.93. The van der Waals surface area contributed by atoms with E-state index in [0.717, 1.165) is 31.6 Å². The molecule has 6 rings (SSSR count). The third kappa shape index (κ3) is 4.36. The molecule has 3 fully saturated rings. The maximum Gasteiger partial charge on any atom is 0.262 e. The van der Waals surface area contributed by atoms with E-state index >= 15 is 0 Å². The minimum atomic E-state index is -2.66. The fourth-order valence-corrected chi connectivity index (χ4v) is 5.61. The number of fused-ring (bicyclic) bond motifs is 1. The Bertz CT molecular complexity index is 1320. The lowest BCUT2D eigenvalue weighted by molar-refractivity contribution is -0.0222. The standard InChI is InChI=1S/C25H28ClF2N7O/c1-16-14-19(32-23(30-16)34-11-6-25(27,28)7-12-34)31-22(36)20-17(15-18(26)35-13-8-29-21(20)35)33-9-4-24(2-3-24)5-10-33/h8,13-15H,2-7,9-12H2,1H3,(H,30,31,32,36). The molecule has 2 aliphatic heterocycles. The van der Waals surface area contributed by atoms with Gasteiger partial charge >= 0.3 is 0 Å². The summed E-state index contributed by atoms with van der Waals surface area (Å²) in [6.07, 6.45) is 7.66. The van der Waals surface area contributed by atoms with Gasteiger partial charge in [0.05, 0.1) is 5.69 Å². The first-order valence-corrected chi connectivity index (χ1v) is 12.8. The van der Waals surface area contributed by atoms with Crippen LogP contribution in [0, 0.1) is 12.3 Å². The molecular weight excluding hydrogens is 488 g/mol. The highest BCUT2D eigenvalue weighted by Crippen LogP contribution is 2.54. The van der Waals surface area contributed by atoms with E-state index in [4.69, 9.17) is 11.6 Å². The Morgan fingerprint density at radius 2 is 1.69 bits per heavy atom. The van der Waals surface area contributed by atoms with E-state index in [1.165, 1.54) is 12.8 Å². The third-order valence-electron chi connectivity index (χ3n) is 7.82. The Balaban J connectivity index is 1.30. The molecule has 2 saturated heterocycles. The van der Waals surface area contributed by atoms with Crippen molar-refractivity contribution in [3.63, 3.8) is 0 Å². The zero-order valence-corrected chi connectivity index (χ0v) is 20.9. The molecular formula is C25H28ClF2N7O. The maximum atomic E-state index is 13.7. The van der Waals surface area contributed by atoms with Crippen molar-refractivity contribution < 1.29 is 13.6 Å². The van der Waals surface area contributed by atoms with Crippen molar-refractivity contribution >= 4 is 40.6 Å². The van der Waals surface area contributed by atoms with Crippen molar-refractivity contribution in [2.24, 2.45) is 5.41 Å². The lowest BCUT2D eigenvalue weighted by Gasteiger charge is -2.35. The summed E-state index contributed by atoms with van der Waals surface area (Å²) in [5, 5.41) is 3.41. The number of hydrogen-bond donors (Lipinski definition) is 1. The van der Waals surface area contributed by atoms with Gasteiger partial charge in [-0.1, -0.05) is 11.6 Å². The lowest BCUT2D eigenvalue weighted by Crippen LogP contribution is -2.40. The number of hydrogen-bond acceptors (Lipinski definition) is 6. The maximum absolute atomic E-state index is 13.7. The van der Waals surface area contributed by atoms with Crippen molar-refractivity contribution in [2.45, 2.75) is 51.4 Å². The fourth-order valence-electron chi connectivity index (χ4n) is 5.37. The molecule has 1 aliphatic carbocycles. The Labute approximate surface area is 212 Å². The Morgan fingerprint density at radius 1 is 1.00 bits per heavy atom. The van der Waals surface area contributed by atoms with Gasteiger partial charge in [0, 0.05) is 63.2 Å². The number of anilines is 3. The van der Waals surface area contributed by atoms with Crippen molar-refractivity contribution in [2.75, 3.05) is 41.3 Å². The number of aromatic nitrogens is 4. The van der Waals surface area contributed by atoms with Crippen LogP contribution in [0.25, 0.3) is 5.65 Å². The van der Waals surface area contributed by atoms with Crippen LogP contribution in [-0.2, 0) is 0 Å². The summed E-state index contributed by atoms with van der Waals surface area (Å²) < 4.78 is 29.0. The predicted octanol–water partition coefficient (Wildman–Crippen LogP) is 4.95. The summed E-state index contributed by atoms with van der Waals surface area (Å²) in [5.74, 6) is -2.35. The summed E-state index contributed by atoms with van der Waals surface area (Å²) >= 11 is 6.56. The molecule has 1 N–H and O–H groups in total. The molecule has 36 heavy (non-hydrogen) atoms. The van der Waals surface area contributed by atoms with Gasteiger partial charge in [0.15, 0.2) is 5.65 Å². The molecule has 1 saturated carbocycles. The molecule has 0 aromatic carbocycles. The summed E-state index contributed by atoms with van der Waals surface area (Å²) in [5.41, 5.74) is 2.81. The van der Waals surface area contributed by atoms with Crippen LogP contribution in [0.1, 0.15) is 54.6 Å². The number of rotatable bonds is 4. The molecule has 0 bridgehead atoms. The predicted molar refractivity (Wildman–Crippen MR) is 134 cm³/mol. The Kier molecular flexibility index (Phi) is 5.55. The first kappa shape index (κ1) is 23.4. The number of amides is 1. The van der Waals surface area contributed by atoms with Crippen molar-refractivity contribution in [3.8, 4) is 0 Å². The molecule has 0 radical (unpaired) electrons. The largest absolute Gasteiger partial charge is 0.371 e. The molecule has 3 aromatic rings. The first-order valence-electron chi connectivity index (χ1n) is 12.4. The Morgan fingerprint density at radius 3 is 2.39 bits per heavy atom. The Hall–Kier alpha value is -3.01. The number of pyridine rings is 1. The van der Waals surface area contributed by atoms with Crippen LogP contribution in [0.15, 0.2) is 24.5 Å². The van der Waals surface area contributed by atoms with Gasteiger partial charge in [0.1, 0.15) is 16.5 Å². The topological polar surface area (TPSA) is 78.7 Å². The highest BCUT2D eigenvalue weighted by Gasteiger charge is 2.45. The first-order chi connectivity index (χ1) is 17.2. The molecule has 190 valence electrons. The van der Waals surface area contributed by atoms with Gasteiger partial charge in [-0.05, 0) is 44.1 Å². The number of nitrogens with one attached hydrogen (secondary N) is 1. The summed E-state index contributed by atoms with van der Waals surface area (Å²) in [4.78, 5) is 31.0. The molecule has 3 aliphatic rings. The van der Waals surface area contributed by atoms with Crippen LogP contribution >= 0.6 is 11.6 Å². The van der Waals surface area contributed by atoms with Crippen LogP contribution in [0.5, 0.6) is 0 Å². The number of halogens is 3. The number of nitrogens with zero attached hydrogens (tertiary/aromatic N) is 6. The second-order valence-electron chi connectivity index (χ2n) is 10.3. The molecule has 11 heteroatoms. The second-order valence-corrected chi connectivity index (χ2v) is 10.7. The highest BCUT2D eigenvalue weighted by molar-refractivity contribution is 6.30. The number of alkyl halides is 2. The van der Waals surface area contributed by atoms with Crippen LogP contribution in [0.4, 0.5) is 26.2 Å². The zero-order valence-electron chi connectivity index (χ0n) is 20.1. The van der Waals surface area contributed by atoms with E-state index in [9.17, 15) is 13.6 Å². The zero-order chi connectivity index (χ0) is 25.1. The second kappa shape index (κ2) is 8.54. The van der Waals surface area contributed by atoms with E-state index < -0.39 is 5.92 Å². The molecule has 0 atom stereocenters. The number of carbonyl (C=O) groups is 1. The van der Waals surface area contributed by atoms with Crippen LogP contribution in [0.3, 0.4) is 0 Å². The molecule has 1 spiro atoms. The van der Waals surface area contributed by atoms with E-state index in [-0.39, 0.29) is 31.8 Å². The quantitative estimate of drug-likeness (QED) is 0.495. The molecule has 1 amide bonds. The number of piperidine rings is 2. The smallest absolute Gasteiger partial charge is 0.262 e. The average molecular weight is 516 g/mol. The van der Waals surface area contributed by atoms with Gasteiger partial charge in [0.2, 0.25) is 5.95 Å². The van der Waals surface area contributed by atoms with Crippen LogP contribution < -0.4 is 15.1 Å². The van der Waals surface area contributed by atoms with Crippen molar-refractivity contribution in [1.29, 1.82) is 0 Å². The molecule has 8 nitrogen and oxygen atoms in total. The van der Waals surface area contributed by atoms with E-state index in [0.29, 0.717) is 39.2 Å². The minimum absolute atomic E-state index is 0.163. The summed E-state index contributed by atoms with van der Waals surface area (Å²) in [7, 11) is 0. The van der Waals surface area contributed by atoms with Gasteiger partial charge in [0.25, 0.3) is 11.8 Å². The fraction of sp³-hybridized carbons (Fsp3) is 0.520. The van der Waals surface area contributed by atoms with Gasteiger partial charge in [-0.15, -0.1) is 0 Å². The van der Waals surface area contributed by atoms with Gasteiger partial charge in [-0.2, -0.15) is 4.98 Å². The van der Waals surface area contributed by atoms with Gasteiger partial charge in [-0.3, -0.25) is 9.20 Å². The third-order valence-corrected chi connectivity index (χ3v) is 8.11. The van der Waals surface area contributed by atoms with E-state index in [1.54, 1.807) is 34.7 Å². The summed E-state index contributed by atoms with van der Waals surface area (Å²) in [6, 6.07) is 3.51. The molecule has 5 heterocycles. The van der Waals surface area contributed by atoms with Gasteiger partial charge < -0.3 is 15.1 Å². The van der Waals surface area contributed by atoms with Gasteiger partial charge in [-0.25, -0.2) is 18.7 Å². The van der Waals surface area contributed by atoms with Crippen molar-refractivity contribution in [3.05, 3.63) is 40.9 Å². The number of carbonyl (C=O) groups excluding carboxylic acids is 1. The number of imidazole rings is 1. The number of aryl methyl sites for hydroxylation is 1. The summed E-state index contributed by atoms with van der Waals surface area (Å²) in [6.45, 7) is 3.85. The minimum Gasteiger partial charge on any atom is -0.371 e. The SMILES string of the molecule is Cc1cc(NC(=O)c2c(N3CCC4(CC3)CC4)cc(Cl)n3ccnc23)nc(N2CCC(F)(F)CC2)n1.